The summed E-state index contributed by atoms with van der Waals surface area (Å²) in [5.74, 6) is 0.751. The molecule has 1 aromatic heterocycles. The van der Waals surface area contributed by atoms with Gasteiger partial charge in [0.25, 0.3) is 0 Å². The number of carbonyl (C=O) groups is 1. The van der Waals surface area contributed by atoms with E-state index in [1.165, 1.54) is 0 Å². The molecule has 2 N–H and O–H groups in total. The monoisotopic (exact) mass is 308 g/mol. The number of anilines is 2. The summed E-state index contributed by atoms with van der Waals surface area (Å²) in [5.41, 5.74) is 0.861. The molecule has 1 unspecified atom stereocenters. The number of rotatable bonds is 6. The zero-order chi connectivity index (χ0) is 16.1. The molecule has 118 valence electrons. The van der Waals surface area contributed by atoms with Crippen LogP contribution in [0.15, 0.2) is 65.3 Å². The van der Waals surface area contributed by atoms with Crippen LogP contribution in [-0.4, -0.2) is 11.9 Å². The van der Waals surface area contributed by atoms with Gasteiger partial charge in [-0.1, -0.05) is 36.4 Å². The minimum Gasteiger partial charge on any atom is -0.449 e. The Morgan fingerprint density at radius 2 is 1.91 bits per heavy atom. The Labute approximate surface area is 135 Å². The van der Waals surface area contributed by atoms with Gasteiger partial charge >= 0.3 is 0 Å². The SMILES string of the molecule is CC(CCC(=O)Nc1cccc2ccccc12)Nc1ccco1. The van der Waals surface area contributed by atoms with Crippen LogP contribution in [0.4, 0.5) is 11.6 Å². The van der Waals surface area contributed by atoms with Crippen LogP contribution in [0, 0.1) is 0 Å². The summed E-state index contributed by atoms with van der Waals surface area (Å²) < 4.78 is 5.24. The molecule has 1 heterocycles. The molecule has 0 aliphatic heterocycles. The molecular formula is C19H20N2O2. The molecule has 0 fully saturated rings. The molecule has 2 aromatic carbocycles. The predicted octanol–water partition coefficient (Wildman–Crippen LogP) is 4.65. The Morgan fingerprint density at radius 3 is 2.74 bits per heavy atom. The molecule has 0 radical (unpaired) electrons. The molecule has 4 nitrogen and oxygen atoms in total. The lowest BCUT2D eigenvalue weighted by Crippen LogP contribution is -2.19. The first-order valence-corrected chi connectivity index (χ1v) is 7.80. The number of furan rings is 1. The van der Waals surface area contributed by atoms with Crippen molar-refractivity contribution in [1.29, 1.82) is 0 Å². The quantitative estimate of drug-likeness (QED) is 0.697. The van der Waals surface area contributed by atoms with E-state index in [9.17, 15) is 4.79 Å². The Morgan fingerprint density at radius 1 is 1.09 bits per heavy atom. The number of fused-ring (bicyclic) bond motifs is 1. The van der Waals surface area contributed by atoms with Gasteiger partial charge in [0, 0.05) is 29.6 Å². The highest BCUT2D eigenvalue weighted by molar-refractivity contribution is 6.02. The average Bonchev–Trinajstić information content (AvgIpc) is 3.06. The van der Waals surface area contributed by atoms with E-state index < -0.39 is 0 Å². The third kappa shape index (κ3) is 3.92. The van der Waals surface area contributed by atoms with Crippen LogP contribution < -0.4 is 10.6 Å². The maximum atomic E-state index is 12.2. The van der Waals surface area contributed by atoms with Crippen LogP contribution in [0.5, 0.6) is 0 Å². The molecule has 4 heteroatoms. The van der Waals surface area contributed by atoms with Crippen LogP contribution in [0.3, 0.4) is 0 Å². The average molecular weight is 308 g/mol. The third-order valence-electron chi connectivity index (χ3n) is 3.78. The maximum absolute atomic E-state index is 12.2. The zero-order valence-electron chi connectivity index (χ0n) is 13.1. The molecule has 1 amide bonds. The highest BCUT2D eigenvalue weighted by Crippen LogP contribution is 2.23. The molecular weight excluding hydrogens is 288 g/mol. The van der Waals surface area contributed by atoms with Gasteiger partial charge < -0.3 is 15.1 Å². The van der Waals surface area contributed by atoms with Crippen LogP contribution >= 0.6 is 0 Å². The van der Waals surface area contributed by atoms with E-state index in [4.69, 9.17) is 4.42 Å². The van der Waals surface area contributed by atoms with Crippen molar-refractivity contribution in [2.24, 2.45) is 0 Å². The van der Waals surface area contributed by atoms with Crippen LogP contribution in [-0.2, 0) is 4.79 Å². The molecule has 0 aliphatic carbocycles. The van der Waals surface area contributed by atoms with Gasteiger partial charge in [0.05, 0.1) is 6.26 Å². The van der Waals surface area contributed by atoms with Gasteiger partial charge in [0.15, 0.2) is 5.88 Å². The van der Waals surface area contributed by atoms with Crippen molar-refractivity contribution in [3.8, 4) is 0 Å². The highest BCUT2D eigenvalue weighted by Gasteiger charge is 2.09. The van der Waals surface area contributed by atoms with Gasteiger partial charge in [-0.3, -0.25) is 4.79 Å². The fourth-order valence-electron chi connectivity index (χ4n) is 2.57. The van der Waals surface area contributed by atoms with Crippen molar-refractivity contribution in [3.05, 3.63) is 60.9 Å². The largest absolute Gasteiger partial charge is 0.449 e. The van der Waals surface area contributed by atoms with Gasteiger partial charge in [-0.2, -0.15) is 0 Å². The molecule has 0 saturated carbocycles. The van der Waals surface area contributed by atoms with E-state index >= 15 is 0 Å². The second kappa shape index (κ2) is 7.01. The summed E-state index contributed by atoms with van der Waals surface area (Å²) in [6, 6.07) is 17.8. The van der Waals surface area contributed by atoms with Gasteiger partial charge in [-0.25, -0.2) is 0 Å². The van der Waals surface area contributed by atoms with E-state index in [1.807, 2.05) is 61.5 Å². The Hall–Kier alpha value is -2.75. The molecule has 1 atom stereocenters. The number of hydrogen-bond donors (Lipinski definition) is 2. The molecule has 3 aromatic rings. The highest BCUT2D eigenvalue weighted by atomic mass is 16.3. The van der Waals surface area contributed by atoms with E-state index in [2.05, 4.69) is 10.6 Å². The Kier molecular flexibility index (Phi) is 4.62. The summed E-state index contributed by atoms with van der Waals surface area (Å²) in [6.07, 6.45) is 2.82. The van der Waals surface area contributed by atoms with Gasteiger partial charge in [0.1, 0.15) is 0 Å². The van der Waals surface area contributed by atoms with Gasteiger partial charge in [0.2, 0.25) is 5.91 Å². The number of amides is 1. The minimum atomic E-state index is 0.0226. The zero-order valence-corrected chi connectivity index (χ0v) is 13.1. The molecule has 23 heavy (non-hydrogen) atoms. The Bertz CT molecular complexity index is 776. The lowest BCUT2D eigenvalue weighted by Gasteiger charge is -2.13. The van der Waals surface area contributed by atoms with E-state index in [-0.39, 0.29) is 11.9 Å². The number of carbonyl (C=O) groups excluding carboxylic acids is 1. The number of hydrogen-bond acceptors (Lipinski definition) is 3. The molecule has 0 bridgehead atoms. The van der Waals surface area contributed by atoms with Crippen LogP contribution in [0.2, 0.25) is 0 Å². The minimum absolute atomic E-state index is 0.0226. The summed E-state index contributed by atoms with van der Waals surface area (Å²) in [7, 11) is 0. The van der Waals surface area contributed by atoms with Gasteiger partial charge in [-0.05, 0) is 30.9 Å². The lowest BCUT2D eigenvalue weighted by molar-refractivity contribution is -0.116. The molecule has 0 aliphatic rings. The second-order valence-electron chi connectivity index (χ2n) is 5.64. The summed E-state index contributed by atoms with van der Waals surface area (Å²) in [6.45, 7) is 2.04. The standard InChI is InChI=1S/C19H20N2O2/c1-14(20-19-10-5-13-23-19)11-12-18(22)21-17-9-4-7-15-6-2-3-8-16(15)17/h2-10,13-14,20H,11-12H2,1H3,(H,21,22). The fourth-order valence-corrected chi connectivity index (χ4v) is 2.57. The van der Waals surface area contributed by atoms with Crippen molar-refractivity contribution in [3.63, 3.8) is 0 Å². The summed E-state index contributed by atoms with van der Waals surface area (Å²) in [4.78, 5) is 12.2. The predicted molar refractivity (Wildman–Crippen MR) is 93.6 cm³/mol. The maximum Gasteiger partial charge on any atom is 0.224 e. The number of benzene rings is 2. The van der Waals surface area contributed by atoms with Crippen molar-refractivity contribution in [1.82, 2.24) is 0 Å². The fraction of sp³-hybridized carbons (Fsp3) is 0.211. The van der Waals surface area contributed by atoms with E-state index in [0.717, 1.165) is 28.8 Å². The van der Waals surface area contributed by atoms with Crippen LogP contribution in [0.1, 0.15) is 19.8 Å². The van der Waals surface area contributed by atoms with Crippen molar-refractivity contribution in [2.75, 3.05) is 10.6 Å². The van der Waals surface area contributed by atoms with Crippen molar-refractivity contribution >= 4 is 28.3 Å². The number of nitrogens with one attached hydrogen (secondary N) is 2. The smallest absolute Gasteiger partial charge is 0.224 e. The molecule has 3 rings (SSSR count). The summed E-state index contributed by atoms with van der Waals surface area (Å²) >= 11 is 0. The normalized spacial score (nSPS) is 12.0. The first-order valence-electron chi connectivity index (χ1n) is 7.80. The Balaban J connectivity index is 1.56. The van der Waals surface area contributed by atoms with E-state index in [1.54, 1.807) is 6.26 Å². The second-order valence-corrected chi connectivity index (χ2v) is 5.64. The third-order valence-corrected chi connectivity index (χ3v) is 3.78. The van der Waals surface area contributed by atoms with Crippen molar-refractivity contribution in [2.45, 2.75) is 25.8 Å². The molecule has 0 saturated heterocycles. The first kappa shape index (κ1) is 15.2. The topological polar surface area (TPSA) is 54.3 Å². The van der Waals surface area contributed by atoms with Gasteiger partial charge in [-0.15, -0.1) is 0 Å². The van der Waals surface area contributed by atoms with Crippen LogP contribution in [0.25, 0.3) is 10.8 Å². The van der Waals surface area contributed by atoms with Crippen molar-refractivity contribution < 1.29 is 9.21 Å². The first-order chi connectivity index (χ1) is 11.2. The molecule has 0 spiro atoms. The lowest BCUT2D eigenvalue weighted by atomic mass is 10.1. The van der Waals surface area contributed by atoms with E-state index in [0.29, 0.717) is 6.42 Å². The summed E-state index contributed by atoms with van der Waals surface area (Å²) in [5, 5.41) is 8.42.